The predicted octanol–water partition coefficient (Wildman–Crippen LogP) is 5.63. The van der Waals surface area contributed by atoms with E-state index in [0.717, 1.165) is 16.8 Å². The van der Waals surface area contributed by atoms with Gasteiger partial charge in [-0.2, -0.15) is 0 Å². The first kappa shape index (κ1) is 18.2. The van der Waals surface area contributed by atoms with Crippen LogP contribution in [-0.2, 0) is 11.3 Å². The molecule has 3 aromatic carbocycles. The molecule has 1 aliphatic heterocycles. The lowest BCUT2D eigenvalue weighted by atomic mass is 10.2. The molecule has 0 bridgehead atoms. The Labute approximate surface area is 167 Å². The van der Waals surface area contributed by atoms with E-state index >= 15 is 0 Å². The molecule has 0 N–H and O–H groups in total. The molecule has 0 unspecified atom stereocenters. The molecule has 1 fully saturated rings. The van der Waals surface area contributed by atoms with Crippen molar-refractivity contribution in [2.45, 2.75) is 6.54 Å². The van der Waals surface area contributed by atoms with Gasteiger partial charge in [0.25, 0.3) is 5.91 Å². The maximum atomic E-state index is 13.2. The number of benzene rings is 3. The minimum Gasteiger partial charge on any atom is -0.282 e. The van der Waals surface area contributed by atoms with Gasteiger partial charge in [0.2, 0.25) is 0 Å². The Morgan fingerprint density at radius 1 is 0.893 bits per heavy atom. The lowest BCUT2D eigenvalue weighted by Crippen LogP contribution is -2.28. The third kappa shape index (κ3) is 4.21. The number of amides is 1. The van der Waals surface area contributed by atoms with Crippen LogP contribution in [-0.4, -0.2) is 16.0 Å². The monoisotopic (exact) mass is 388 g/mol. The topological polar surface area (TPSA) is 32.7 Å². The molecule has 138 valence electrons. The van der Waals surface area contributed by atoms with E-state index in [1.165, 1.54) is 23.9 Å². The Hall–Kier alpha value is -3.18. The third-order valence-corrected chi connectivity index (χ3v) is 5.23. The minimum absolute atomic E-state index is 0.104. The number of hydrogen-bond acceptors (Lipinski definition) is 3. The van der Waals surface area contributed by atoms with E-state index in [1.807, 2.05) is 60.7 Å². The first-order valence-corrected chi connectivity index (χ1v) is 9.65. The van der Waals surface area contributed by atoms with Crippen LogP contribution < -0.4 is 0 Å². The van der Waals surface area contributed by atoms with E-state index in [4.69, 9.17) is 0 Å². The molecular weight excluding hydrogens is 371 g/mol. The number of halogens is 1. The van der Waals surface area contributed by atoms with Crippen LogP contribution in [0.4, 0.5) is 10.1 Å². The van der Waals surface area contributed by atoms with E-state index < -0.39 is 0 Å². The second kappa shape index (κ2) is 8.23. The van der Waals surface area contributed by atoms with Gasteiger partial charge in [0.1, 0.15) is 5.82 Å². The van der Waals surface area contributed by atoms with Gasteiger partial charge in [0.15, 0.2) is 5.17 Å². The Bertz CT molecular complexity index is 1030. The molecule has 1 heterocycles. The number of hydrogen-bond donors (Lipinski definition) is 0. The van der Waals surface area contributed by atoms with Crippen LogP contribution in [0.2, 0.25) is 0 Å². The summed E-state index contributed by atoms with van der Waals surface area (Å²) < 4.78 is 13.2. The summed E-state index contributed by atoms with van der Waals surface area (Å²) in [6, 6.07) is 25.5. The number of aliphatic imine (C=N–C) groups is 1. The van der Waals surface area contributed by atoms with Crippen LogP contribution in [0.15, 0.2) is 94.8 Å². The van der Waals surface area contributed by atoms with Crippen molar-refractivity contribution in [3.05, 3.63) is 107 Å². The van der Waals surface area contributed by atoms with Gasteiger partial charge >= 0.3 is 0 Å². The maximum absolute atomic E-state index is 13.2. The Morgan fingerprint density at radius 2 is 1.54 bits per heavy atom. The second-order valence-corrected chi connectivity index (χ2v) is 7.28. The number of thioether (sulfide) groups is 1. The van der Waals surface area contributed by atoms with Gasteiger partial charge in [-0.3, -0.25) is 9.69 Å². The molecule has 1 amide bonds. The second-order valence-electron chi connectivity index (χ2n) is 6.27. The highest BCUT2D eigenvalue weighted by Gasteiger charge is 2.33. The predicted molar refractivity (Wildman–Crippen MR) is 112 cm³/mol. The van der Waals surface area contributed by atoms with Gasteiger partial charge in [-0.15, -0.1) is 0 Å². The number of rotatable bonds is 4. The molecule has 0 atom stereocenters. The highest BCUT2D eigenvalue weighted by Crippen LogP contribution is 2.35. The molecule has 3 nitrogen and oxygen atoms in total. The molecule has 0 aliphatic carbocycles. The summed E-state index contributed by atoms with van der Waals surface area (Å²) in [5.41, 5.74) is 2.59. The van der Waals surface area contributed by atoms with Crippen molar-refractivity contribution in [3.8, 4) is 0 Å². The molecule has 1 saturated heterocycles. The molecule has 4 rings (SSSR count). The van der Waals surface area contributed by atoms with Crippen molar-refractivity contribution >= 4 is 34.6 Å². The molecule has 1 aliphatic rings. The van der Waals surface area contributed by atoms with Crippen molar-refractivity contribution in [2.24, 2.45) is 4.99 Å². The van der Waals surface area contributed by atoms with E-state index in [9.17, 15) is 9.18 Å². The fourth-order valence-electron chi connectivity index (χ4n) is 2.82. The average molecular weight is 388 g/mol. The molecule has 0 saturated carbocycles. The fourth-order valence-corrected chi connectivity index (χ4v) is 3.82. The lowest BCUT2D eigenvalue weighted by molar-refractivity contribution is -0.122. The molecule has 3 aromatic rings. The molecule has 28 heavy (non-hydrogen) atoms. The van der Waals surface area contributed by atoms with E-state index in [1.54, 1.807) is 23.1 Å². The van der Waals surface area contributed by atoms with Gasteiger partial charge in [-0.05, 0) is 53.2 Å². The number of carbonyl (C=O) groups is 1. The largest absolute Gasteiger partial charge is 0.282 e. The Morgan fingerprint density at radius 3 is 2.21 bits per heavy atom. The summed E-state index contributed by atoms with van der Waals surface area (Å²) >= 11 is 1.33. The summed E-state index contributed by atoms with van der Waals surface area (Å²) in [6.07, 6.45) is 1.78. The summed E-state index contributed by atoms with van der Waals surface area (Å²) in [6.45, 7) is 0.444. The van der Waals surface area contributed by atoms with Crippen LogP contribution in [0.25, 0.3) is 6.08 Å². The number of nitrogens with zero attached hydrogens (tertiary/aromatic N) is 2. The first-order valence-electron chi connectivity index (χ1n) is 8.84. The van der Waals surface area contributed by atoms with E-state index in [2.05, 4.69) is 4.99 Å². The zero-order valence-corrected chi connectivity index (χ0v) is 15.8. The van der Waals surface area contributed by atoms with Gasteiger partial charge in [-0.1, -0.05) is 60.7 Å². The normalized spacial score (nSPS) is 16.9. The van der Waals surface area contributed by atoms with Crippen LogP contribution >= 0.6 is 11.8 Å². The molecule has 0 aromatic heterocycles. The zero-order chi connectivity index (χ0) is 19.3. The summed E-state index contributed by atoms with van der Waals surface area (Å²) in [7, 11) is 0. The van der Waals surface area contributed by atoms with Crippen LogP contribution in [0.1, 0.15) is 11.1 Å². The molecule has 0 radical (unpaired) electrons. The van der Waals surface area contributed by atoms with Crippen LogP contribution in [0.3, 0.4) is 0 Å². The number of para-hydroxylation sites is 1. The van der Waals surface area contributed by atoms with Gasteiger partial charge in [0.05, 0.1) is 17.1 Å². The quantitative estimate of drug-likeness (QED) is 0.543. The van der Waals surface area contributed by atoms with Gasteiger partial charge < -0.3 is 0 Å². The Balaban J connectivity index is 1.69. The van der Waals surface area contributed by atoms with E-state index in [0.29, 0.717) is 16.6 Å². The summed E-state index contributed by atoms with van der Waals surface area (Å²) in [5.74, 6) is -0.405. The summed E-state index contributed by atoms with van der Waals surface area (Å²) in [5, 5.41) is 0.633. The van der Waals surface area contributed by atoms with Crippen molar-refractivity contribution < 1.29 is 9.18 Å². The van der Waals surface area contributed by atoms with Crippen molar-refractivity contribution in [1.82, 2.24) is 4.90 Å². The first-order chi connectivity index (χ1) is 13.7. The van der Waals surface area contributed by atoms with Crippen LogP contribution in [0, 0.1) is 5.82 Å². The third-order valence-electron chi connectivity index (χ3n) is 4.22. The van der Waals surface area contributed by atoms with E-state index in [-0.39, 0.29) is 11.7 Å². The highest BCUT2D eigenvalue weighted by molar-refractivity contribution is 8.18. The maximum Gasteiger partial charge on any atom is 0.267 e. The number of amidine groups is 1. The van der Waals surface area contributed by atoms with Crippen LogP contribution in [0.5, 0.6) is 0 Å². The smallest absolute Gasteiger partial charge is 0.267 e. The zero-order valence-electron chi connectivity index (χ0n) is 15.0. The fraction of sp³-hybridized carbons (Fsp3) is 0.0435. The van der Waals surface area contributed by atoms with Crippen molar-refractivity contribution in [2.75, 3.05) is 0 Å². The molecular formula is C23H17FN2OS. The number of carbonyl (C=O) groups excluding carboxylic acids is 1. The Kier molecular flexibility index (Phi) is 5.35. The average Bonchev–Trinajstić information content (AvgIpc) is 3.00. The minimum atomic E-state index is -0.301. The van der Waals surface area contributed by atoms with Gasteiger partial charge in [0, 0.05) is 0 Å². The summed E-state index contributed by atoms with van der Waals surface area (Å²) in [4.78, 5) is 20.0. The highest BCUT2D eigenvalue weighted by atomic mass is 32.2. The van der Waals surface area contributed by atoms with Gasteiger partial charge in [-0.25, -0.2) is 9.38 Å². The van der Waals surface area contributed by atoms with Crippen molar-refractivity contribution in [3.63, 3.8) is 0 Å². The SMILES string of the molecule is O=C1/C(=C\c2ccc(F)cc2)SC(=Nc2ccccc2)N1Cc1ccccc1. The standard InChI is InChI=1S/C23H17FN2OS/c24-19-13-11-17(12-14-19)15-21-22(27)26(16-18-7-3-1-4-8-18)23(28-21)25-20-9-5-2-6-10-20/h1-15H,16H2/b21-15+,25-23?. The molecule has 5 heteroatoms. The van der Waals surface area contributed by atoms with Crippen molar-refractivity contribution in [1.29, 1.82) is 0 Å². The lowest BCUT2D eigenvalue weighted by Gasteiger charge is -2.15. The molecule has 0 spiro atoms.